The Bertz CT molecular complexity index is 483. The van der Waals surface area contributed by atoms with Gasteiger partial charge >= 0.3 is 0 Å². The van der Waals surface area contributed by atoms with Crippen molar-refractivity contribution in [1.82, 2.24) is 0 Å². The molecule has 0 saturated heterocycles. The Kier molecular flexibility index (Phi) is 3.90. The highest BCUT2D eigenvalue weighted by atomic mass is 16.6. The summed E-state index contributed by atoms with van der Waals surface area (Å²) in [6, 6.07) is 4.78. The molecule has 0 spiro atoms. The summed E-state index contributed by atoms with van der Waals surface area (Å²) >= 11 is 0. The van der Waals surface area contributed by atoms with E-state index >= 15 is 0 Å². The van der Waals surface area contributed by atoms with Crippen molar-refractivity contribution in [3.8, 4) is 0 Å². The van der Waals surface area contributed by atoms with E-state index in [2.05, 4.69) is 5.32 Å². The monoisotopic (exact) mass is 251 g/mol. The number of benzene rings is 1. The minimum Gasteiger partial charge on any atom is -0.384 e. The molecule has 1 aromatic carbocycles. The maximum atomic E-state index is 11.2. The number of hydrogen-bond acceptors (Lipinski definition) is 4. The number of nitrogens with zero attached hydrogens (tertiary/aromatic N) is 1. The number of nitrogens with one attached hydrogen (secondary N) is 1. The Morgan fingerprint density at radius 1 is 1.50 bits per heavy atom. The van der Waals surface area contributed by atoms with Crippen LogP contribution in [0.3, 0.4) is 0 Å². The van der Waals surface area contributed by atoms with Crippen LogP contribution in [0, 0.1) is 22.5 Å². The second kappa shape index (κ2) is 5.03. The van der Waals surface area contributed by atoms with Gasteiger partial charge in [0.1, 0.15) is 0 Å². The van der Waals surface area contributed by atoms with Crippen molar-refractivity contribution in [2.75, 3.05) is 11.9 Å². The zero-order valence-electron chi connectivity index (χ0n) is 10.7. The van der Waals surface area contributed by atoms with E-state index in [1.165, 1.54) is 6.07 Å². The molecule has 6 nitrogen and oxygen atoms in total. The molecular weight excluding hydrogens is 234 g/mol. The zero-order valence-corrected chi connectivity index (χ0v) is 10.7. The first kappa shape index (κ1) is 14.0. The van der Waals surface area contributed by atoms with Gasteiger partial charge in [-0.3, -0.25) is 14.9 Å². The molecule has 1 amide bonds. The van der Waals surface area contributed by atoms with Crippen LogP contribution in [-0.4, -0.2) is 17.4 Å². The van der Waals surface area contributed by atoms with Gasteiger partial charge < -0.3 is 11.1 Å². The number of carbonyl (C=O) groups excluding carboxylic acids is 1. The summed E-state index contributed by atoms with van der Waals surface area (Å²) in [5, 5.41) is 13.8. The van der Waals surface area contributed by atoms with Gasteiger partial charge in [0.2, 0.25) is 5.91 Å². The Morgan fingerprint density at radius 3 is 2.61 bits per heavy atom. The summed E-state index contributed by atoms with van der Waals surface area (Å²) < 4.78 is 0. The first-order chi connectivity index (χ1) is 8.25. The lowest BCUT2D eigenvalue weighted by Gasteiger charge is -2.22. The van der Waals surface area contributed by atoms with Crippen LogP contribution in [0.1, 0.15) is 19.4 Å². The van der Waals surface area contributed by atoms with Crippen molar-refractivity contribution in [2.45, 2.75) is 20.8 Å². The number of carbonyl (C=O) groups is 1. The molecule has 6 heteroatoms. The van der Waals surface area contributed by atoms with E-state index in [-0.39, 0.29) is 5.69 Å². The lowest BCUT2D eigenvalue weighted by Crippen LogP contribution is -2.37. The molecule has 0 fully saturated rings. The molecule has 3 N–H and O–H groups in total. The minimum absolute atomic E-state index is 0.0527. The molecule has 0 bridgehead atoms. The molecule has 0 unspecified atom stereocenters. The number of nitrogens with two attached hydrogens (primary N) is 1. The summed E-state index contributed by atoms with van der Waals surface area (Å²) in [6.07, 6.45) is 0. The maximum absolute atomic E-state index is 11.2. The lowest BCUT2D eigenvalue weighted by atomic mass is 9.92. The summed E-state index contributed by atoms with van der Waals surface area (Å²) in [7, 11) is 0. The van der Waals surface area contributed by atoms with Crippen LogP contribution in [0.25, 0.3) is 0 Å². The predicted octanol–water partition coefficient (Wildman–Crippen LogP) is 1.83. The molecule has 98 valence electrons. The summed E-state index contributed by atoms with van der Waals surface area (Å²) in [4.78, 5) is 21.5. The number of hydrogen-bond donors (Lipinski definition) is 2. The second-order valence-corrected chi connectivity index (χ2v) is 4.81. The van der Waals surface area contributed by atoms with Gasteiger partial charge in [0, 0.05) is 23.9 Å². The molecule has 18 heavy (non-hydrogen) atoms. The standard InChI is InChI=1S/C12H17N3O3/c1-8-9(5-4-6-10(8)15(17)18)14-7-12(2,3)11(13)16/h4-6,14H,7H2,1-3H3,(H2,13,16). The predicted molar refractivity (Wildman–Crippen MR) is 69.3 cm³/mol. The maximum Gasteiger partial charge on any atom is 0.274 e. The average Bonchev–Trinajstić information content (AvgIpc) is 2.27. The van der Waals surface area contributed by atoms with Crippen LogP contribution in [-0.2, 0) is 4.79 Å². The zero-order chi connectivity index (χ0) is 13.9. The van der Waals surface area contributed by atoms with E-state index in [1.54, 1.807) is 32.9 Å². The van der Waals surface area contributed by atoms with Gasteiger partial charge in [-0.15, -0.1) is 0 Å². The summed E-state index contributed by atoms with van der Waals surface area (Å²) in [5.74, 6) is -0.418. The van der Waals surface area contributed by atoms with E-state index in [0.29, 0.717) is 17.8 Å². The van der Waals surface area contributed by atoms with Gasteiger partial charge in [-0.05, 0) is 26.8 Å². The Balaban J connectivity index is 2.90. The summed E-state index contributed by atoms with van der Waals surface area (Å²) in [5.41, 5.74) is 5.79. The van der Waals surface area contributed by atoms with Crippen molar-refractivity contribution in [2.24, 2.45) is 11.1 Å². The van der Waals surface area contributed by atoms with Crippen molar-refractivity contribution < 1.29 is 9.72 Å². The quantitative estimate of drug-likeness (QED) is 0.616. The van der Waals surface area contributed by atoms with Crippen LogP contribution in [0.15, 0.2) is 18.2 Å². The van der Waals surface area contributed by atoms with Gasteiger partial charge in [0.25, 0.3) is 5.69 Å². The largest absolute Gasteiger partial charge is 0.384 e. The number of anilines is 1. The van der Waals surface area contributed by atoms with Crippen LogP contribution >= 0.6 is 0 Å². The molecule has 0 aliphatic carbocycles. The molecule has 0 heterocycles. The molecule has 0 aliphatic heterocycles. The number of rotatable bonds is 5. The first-order valence-electron chi connectivity index (χ1n) is 5.53. The molecule has 1 aromatic rings. The van der Waals surface area contributed by atoms with E-state index in [9.17, 15) is 14.9 Å². The summed E-state index contributed by atoms with van der Waals surface area (Å²) in [6.45, 7) is 5.42. The number of nitro benzene ring substituents is 1. The van der Waals surface area contributed by atoms with Crippen molar-refractivity contribution >= 4 is 17.3 Å². The normalized spacial score (nSPS) is 11.1. The van der Waals surface area contributed by atoms with Crippen molar-refractivity contribution in [1.29, 1.82) is 0 Å². The second-order valence-electron chi connectivity index (χ2n) is 4.81. The van der Waals surface area contributed by atoms with E-state index in [0.717, 1.165) is 0 Å². The smallest absolute Gasteiger partial charge is 0.274 e. The van der Waals surface area contributed by atoms with Gasteiger partial charge in [-0.25, -0.2) is 0 Å². The molecule has 0 aliphatic rings. The Morgan fingerprint density at radius 2 is 2.11 bits per heavy atom. The molecular formula is C12H17N3O3. The van der Waals surface area contributed by atoms with Gasteiger partial charge in [-0.1, -0.05) is 6.07 Å². The topological polar surface area (TPSA) is 98.3 Å². The van der Waals surface area contributed by atoms with Gasteiger partial charge in [0.15, 0.2) is 0 Å². The molecule has 1 rings (SSSR count). The first-order valence-corrected chi connectivity index (χ1v) is 5.53. The molecule has 0 aromatic heterocycles. The highest BCUT2D eigenvalue weighted by Gasteiger charge is 2.25. The van der Waals surface area contributed by atoms with Crippen LogP contribution < -0.4 is 11.1 Å². The van der Waals surface area contributed by atoms with Gasteiger partial charge in [-0.2, -0.15) is 0 Å². The van der Waals surface area contributed by atoms with E-state index < -0.39 is 16.2 Å². The number of primary amides is 1. The third-order valence-electron chi connectivity index (χ3n) is 2.89. The fourth-order valence-corrected chi connectivity index (χ4v) is 1.42. The fourth-order valence-electron chi connectivity index (χ4n) is 1.42. The average molecular weight is 251 g/mol. The Labute approximate surface area is 105 Å². The SMILES string of the molecule is Cc1c(NCC(C)(C)C(N)=O)cccc1[N+](=O)[O-]. The van der Waals surface area contributed by atoms with Crippen molar-refractivity contribution in [3.63, 3.8) is 0 Å². The minimum atomic E-state index is -0.711. The number of nitro groups is 1. The van der Waals surface area contributed by atoms with Crippen LogP contribution in [0.5, 0.6) is 0 Å². The molecule has 0 atom stereocenters. The lowest BCUT2D eigenvalue weighted by molar-refractivity contribution is -0.385. The van der Waals surface area contributed by atoms with E-state index in [1.807, 2.05) is 0 Å². The van der Waals surface area contributed by atoms with Crippen LogP contribution in [0.2, 0.25) is 0 Å². The highest BCUT2D eigenvalue weighted by Crippen LogP contribution is 2.26. The van der Waals surface area contributed by atoms with Crippen LogP contribution in [0.4, 0.5) is 11.4 Å². The molecule has 0 radical (unpaired) electrons. The highest BCUT2D eigenvalue weighted by molar-refractivity contribution is 5.80. The third-order valence-corrected chi connectivity index (χ3v) is 2.89. The third kappa shape index (κ3) is 2.97. The van der Waals surface area contributed by atoms with Crippen molar-refractivity contribution in [3.05, 3.63) is 33.9 Å². The van der Waals surface area contributed by atoms with E-state index in [4.69, 9.17) is 5.73 Å². The number of amides is 1. The van der Waals surface area contributed by atoms with Gasteiger partial charge in [0.05, 0.1) is 10.3 Å². The Hall–Kier alpha value is -2.11. The fraction of sp³-hybridized carbons (Fsp3) is 0.417. The molecule has 0 saturated carbocycles.